The molecule has 0 aromatic carbocycles. The van der Waals surface area contributed by atoms with Gasteiger partial charge in [0, 0.05) is 27.2 Å². The number of thioether (sulfide) groups is 1. The number of nitrogens with one attached hydrogen (secondary N) is 1. The molecule has 4 heterocycles. The van der Waals surface area contributed by atoms with Crippen molar-refractivity contribution in [2.45, 2.75) is 18.2 Å². The molecule has 0 unspecified atom stereocenters. The summed E-state index contributed by atoms with van der Waals surface area (Å²) in [7, 11) is 0. The molecule has 0 aliphatic rings. The molecule has 4 aromatic rings. The van der Waals surface area contributed by atoms with E-state index in [2.05, 4.69) is 11.9 Å². The molecule has 0 bridgehead atoms. The zero-order chi connectivity index (χ0) is 20.2. The monoisotopic (exact) mass is 459 g/mol. The van der Waals surface area contributed by atoms with Gasteiger partial charge in [0.15, 0.2) is 5.16 Å². The topological polar surface area (TPSA) is 64.0 Å². The number of hydrogen-bond acceptors (Lipinski definition) is 7. The Labute approximate surface area is 183 Å². The van der Waals surface area contributed by atoms with Crippen molar-refractivity contribution in [2.24, 2.45) is 0 Å². The van der Waals surface area contributed by atoms with Crippen molar-refractivity contribution < 1.29 is 4.79 Å². The van der Waals surface area contributed by atoms with Crippen molar-refractivity contribution in [2.75, 3.05) is 5.75 Å². The highest BCUT2D eigenvalue weighted by molar-refractivity contribution is 7.99. The van der Waals surface area contributed by atoms with E-state index in [1.165, 1.54) is 23.1 Å². The van der Waals surface area contributed by atoms with Gasteiger partial charge in [0.2, 0.25) is 5.91 Å². The highest BCUT2D eigenvalue weighted by Crippen LogP contribution is 2.34. The van der Waals surface area contributed by atoms with Gasteiger partial charge >= 0.3 is 0 Å². The summed E-state index contributed by atoms with van der Waals surface area (Å²) in [5.41, 5.74) is 0.821. The van der Waals surface area contributed by atoms with Crippen molar-refractivity contribution in [1.82, 2.24) is 14.9 Å². The molecule has 0 radical (unpaired) electrons. The second-order valence-electron chi connectivity index (χ2n) is 6.05. The first-order valence-electron chi connectivity index (χ1n) is 8.76. The minimum Gasteiger partial charge on any atom is -0.350 e. The molecule has 0 atom stereocenters. The third-order valence-electron chi connectivity index (χ3n) is 4.13. The van der Waals surface area contributed by atoms with Gasteiger partial charge in [0.05, 0.1) is 17.7 Å². The molecule has 1 amide bonds. The van der Waals surface area contributed by atoms with E-state index in [1.807, 2.05) is 40.4 Å². The van der Waals surface area contributed by atoms with Crippen molar-refractivity contribution >= 4 is 61.9 Å². The van der Waals surface area contributed by atoms with Crippen LogP contribution in [0.25, 0.3) is 20.7 Å². The molecular formula is C20H17N3O2S4. The minimum atomic E-state index is -0.0963. The summed E-state index contributed by atoms with van der Waals surface area (Å²) < 4.78 is 1.59. The fourth-order valence-corrected chi connectivity index (χ4v) is 6.08. The summed E-state index contributed by atoms with van der Waals surface area (Å²) in [6, 6.07) is 7.92. The maximum absolute atomic E-state index is 13.2. The predicted octanol–water partition coefficient (Wildman–Crippen LogP) is 4.84. The van der Waals surface area contributed by atoms with Crippen LogP contribution in [0.5, 0.6) is 0 Å². The Hall–Kier alpha value is -2.20. The second kappa shape index (κ2) is 9.08. The Balaban J connectivity index is 1.58. The zero-order valence-corrected chi connectivity index (χ0v) is 18.6. The molecule has 0 saturated heterocycles. The van der Waals surface area contributed by atoms with Gasteiger partial charge in [-0.15, -0.1) is 40.6 Å². The summed E-state index contributed by atoms with van der Waals surface area (Å²) in [5, 5.41) is 10.0. The number of hydrogen-bond donors (Lipinski definition) is 1. The van der Waals surface area contributed by atoms with Gasteiger partial charge in [-0.3, -0.25) is 14.2 Å². The van der Waals surface area contributed by atoms with Crippen LogP contribution in [0.4, 0.5) is 0 Å². The van der Waals surface area contributed by atoms with Crippen molar-refractivity contribution in [3.63, 3.8) is 0 Å². The van der Waals surface area contributed by atoms with Crippen LogP contribution in [0.15, 0.2) is 63.0 Å². The molecule has 148 valence electrons. The quantitative estimate of drug-likeness (QED) is 0.233. The largest absolute Gasteiger partial charge is 0.350 e. The molecule has 4 rings (SSSR count). The van der Waals surface area contributed by atoms with Gasteiger partial charge in [0.1, 0.15) is 4.83 Å². The molecule has 9 heteroatoms. The van der Waals surface area contributed by atoms with E-state index in [0.29, 0.717) is 28.5 Å². The predicted molar refractivity (Wildman–Crippen MR) is 124 cm³/mol. The lowest BCUT2D eigenvalue weighted by Crippen LogP contribution is -2.26. The zero-order valence-electron chi connectivity index (χ0n) is 15.3. The average molecular weight is 460 g/mol. The van der Waals surface area contributed by atoms with Crippen LogP contribution in [0.3, 0.4) is 0 Å². The van der Waals surface area contributed by atoms with Crippen LogP contribution in [0.1, 0.15) is 4.88 Å². The van der Waals surface area contributed by atoms with Gasteiger partial charge in [-0.25, -0.2) is 4.98 Å². The van der Waals surface area contributed by atoms with Gasteiger partial charge in [0.25, 0.3) is 5.56 Å². The molecule has 4 aromatic heterocycles. The third kappa shape index (κ3) is 4.37. The summed E-state index contributed by atoms with van der Waals surface area (Å²) >= 11 is 5.93. The van der Waals surface area contributed by atoms with Gasteiger partial charge < -0.3 is 5.32 Å². The Morgan fingerprint density at radius 2 is 2.07 bits per heavy atom. The Morgan fingerprint density at radius 3 is 2.79 bits per heavy atom. The molecular weight excluding hydrogens is 443 g/mol. The molecule has 5 nitrogen and oxygen atoms in total. The van der Waals surface area contributed by atoms with Crippen LogP contribution < -0.4 is 10.9 Å². The average Bonchev–Trinajstić information content (AvgIpc) is 3.47. The highest BCUT2D eigenvalue weighted by atomic mass is 32.2. The van der Waals surface area contributed by atoms with Gasteiger partial charge in [-0.2, -0.15) is 0 Å². The van der Waals surface area contributed by atoms with Crippen LogP contribution in [0.2, 0.25) is 0 Å². The van der Waals surface area contributed by atoms with Crippen molar-refractivity contribution in [3.05, 3.63) is 68.3 Å². The number of fused-ring (bicyclic) bond motifs is 1. The molecule has 29 heavy (non-hydrogen) atoms. The van der Waals surface area contributed by atoms with E-state index in [0.717, 1.165) is 15.3 Å². The molecule has 0 aliphatic carbocycles. The standard InChI is InChI=1S/C20H17N3O2S4/c1-2-7-23-19(25)17-14(15-6-4-9-27-15)11-28-18(17)22-20(23)29-12-16(24)21-10-13-5-3-8-26-13/h2-6,8-9,11H,1,7,10,12H2,(H,21,24). The third-order valence-corrected chi connectivity index (χ3v) is 7.76. The van der Waals surface area contributed by atoms with E-state index in [4.69, 9.17) is 4.98 Å². The lowest BCUT2D eigenvalue weighted by molar-refractivity contribution is -0.118. The van der Waals surface area contributed by atoms with Crippen molar-refractivity contribution in [1.29, 1.82) is 0 Å². The van der Waals surface area contributed by atoms with E-state index in [-0.39, 0.29) is 17.2 Å². The molecule has 1 N–H and O–H groups in total. The summed E-state index contributed by atoms with van der Waals surface area (Å²) in [6.45, 7) is 4.62. The van der Waals surface area contributed by atoms with Crippen LogP contribution >= 0.6 is 45.8 Å². The van der Waals surface area contributed by atoms with Gasteiger partial charge in [-0.1, -0.05) is 30.0 Å². The fraction of sp³-hybridized carbons (Fsp3) is 0.150. The van der Waals surface area contributed by atoms with E-state index < -0.39 is 0 Å². The fourth-order valence-electron chi connectivity index (χ4n) is 2.80. The number of carbonyl (C=O) groups excluding carboxylic acids is 1. The summed E-state index contributed by atoms with van der Waals surface area (Å²) in [4.78, 5) is 33.0. The lowest BCUT2D eigenvalue weighted by Gasteiger charge is -2.10. The highest BCUT2D eigenvalue weighted by Gasteiger charge is 2.18. The number of nitrogens with zero attached hydrogens (tertiary/aromatic N) is 2. The molecule has 0 fully saturated rings. The first-order chi connectivity index (χ1) is 14.2. The summed E-state index contributed by atoms with van der Waals surface area (Å²) in [6.07, 6.45) is 1.67. The molecule has 0 aliphatic heterocycles. The van der Waals surface area contributed by atoms with Crippen LogP contribution in [-0.4, -0.2) is 21.2 Å². The lowest BCUT2D eigenvalue weighted by atomic mass is 10.2. The minimum absolute atomic E-state index is 0.0895. The smallest absolute Gasteiger partial charge is 0.263 e. The Morgan fingerprint density at radius 1 is 1.24 bits per heavy atom. The van der Waals surface area contributed by atoms with E-state index >= 15 is 0 Å². The number of carbonyl (C=O) groups is 1. The number of thiophene rings is 3. The van der Waals surface area contributed by atoms with Crippen molar-refractivity contribution in [3.8, 4) is 10.4 Å². The molecule has 0 saturated carbocycles. The van der Waals surface area contributed by atoms with Crippen LogP contribution in [-0.2, 0) is 17.9 Å². The van der Waals surface area contributed by atoms with Crippen LogP contribution in [0, 0.1) is 0 Å². The Bertz CT molecular complexity index is 1190. The number of aromatic nitrogens is 2. The first-order valence-corrected chi connectivity index (χ1v) is 12.4. The normalized spacial score (nSPS) is 11.0. The SMILES string of the molecule is C=CCn1c(SCC(=O)NCc2cccs2)nc2scc(-c3cccs3)c2c1=O. The maximum Gasteiger partial charge on any atom is 0.263 e. The first kappa shape index (κ1) is 20.1. The molecule has 0 spiro atoms. The second-order valence-corrected chi connectivity index (χ2v) is 9.83. The van der Waals surface area contributed by atoms with E-state index in [1.54, 1.807) is 33.3 Å². The van der Waals surface area contributed by atoms with E-state index in [9.17, 15) is 9.59 Å². The number of amides is 1. The number of allylic oxidation sites excluding steroid dienone is 1. The Kier molecular flexibility index (Phi) is 6.29. The maximum atomic E-state index is 13.2. The number of rotatable bonds is 8. The van der Waals surface area contributed by atoms with Gasteiger partial charge in [-0.05, 0) is 22.9 Å². The summed E-state index contributed by atoms with van der Waals surface area (Å²) in [5.74, 6) is 0.109.